The topological polar surface area (TPSA) is 88.2 Å². The van der Waals surface area contributed by atoms with Crippen molar-refractivity contribution >= 4 is 17.7 Å². The first-order valence-electron chi connectivity index (χ1n) is 7.70. The number of rotatable bonds is 6. The molecule has 0 aliphatic carbocycles. The first-order chi connectivity index (χ1) is 12.1. The molecular weight excluding hydrogens is 338 g/mol. The van der Waals surface area contributed by atoms with Crippen molar-refractivity contribution in [2.24, 2.45) is 0 Å². The molecule has 3 aromatic rings. The number of hydrogen-bond acceptors (Lipinski definition) is 5. The van der Waals surface area contributed by atoms with E-state index in [2.05, 4.69) is 10.2 Å². The van der Waals surface area contributed by atoms with Crippen LogP contribution in [-0.4, -0.2) is 36.7 Å². The Hall–Kier alpha value is -2.80. The van der Waals surface area contributed by atoms with Crippen LogP contribution in [0.3, 0.4) is 0 Å². The van der Waals surface area contributed by atoms with Gasteiger partial charge in [0.25, 0.3) is 0 Å². The van der Waals surface area contributed by atoms with Gasteiger partial charge >= 0.3 is 5.97 Å². The number of aromatic nitrogens is 3. The summed E-state index contributed by atoms with van der Waals surface area (Å²) in [7, 11) is 0. The molecule has 25 heavy (non-hydrogen) atoms. The fraction of sp³-hybridized carbons (Fsp3) is 0.167. The highest BCUT2D eigenvalue weighted by atomic mass is 32.2. The van der Waals surface area contributed by atoms with Crippen molar-refractivity contribution in [3.63, 3.8) is 0 Å². The second kappa shape index (κ2) is 7.40. The molecule has 1 heterocycles. The predicted molar refractivity (Wildman–Crippen MR) is 95.7 cm³/mol. The summed E-state index contributed by atoms with van der Waals surface area (Å²) in [6.45, 7) is 2.02. The molecule has 3 rings (SSSR count). The van der Waals surface area contributed by atoms with E-state index in [4.69, 9.17) is 5.11 Å². The van der Waals surface area contributed by atoms with Crippen LogP contribution in [0.1, 0.15) is 18.5 Å². The average Bonchev–Trinajstić information content (AvgIpc) is 3.04. The molecule has 0 saturated carbocycles. The Morgan fingerprint density at radius 2 is 1.80 bits per heavy atom. The highest BCUT2D eigenvalue weighted by Gasteiger charge is 2.21. The summed E-state index contributed by atoms with van der Waals surface area (Å²) in [4.78, 5) is 10.9. The van der Waals surface area contributed by atoms with E-state index in [1.807, 2.05) is 41.8 Å². The third-order valence-corrected chi connectivity index (χ3v) is 4.71. The van der Waals surface area contributed by atoms with Gasteiger partial charge in [-0.15, -0.1) is 10.2 Å². The maximum Gasteiger partial charge on any atom is 0.313 e. The standard InChI is InChI=1S/C18H17N3O3S/c1-12(13-5-3-2-4-6-13)21-17(14-7-9-15(22)10-8-14)19-20-18(21)25-11-16(23)24/h2-10,12,22H,11H2,1H3,(H,23,24)/t12-/m1/s1. The van der Waals surface area contributed by atoms with Crippen molar-refractivity contribution in [1.82, 2.24) is 14.8 Å². The smallest absolute Gasteiger partial charge is 0.313 e. The van der Waals surface area contributed by atoms with Gasteiger partial charge in [0.05, 0.1) is 11.8 Å². The molecule has 0 amide bonds. The minimum atomic E-state index is -0.905. The molecule has 128 valence electrons. The number of benzene rings is 2. The molecule has 0 aliphatic rings. The van der Waals surface area contributed by atoms with Crippen LogP contribution in [0.2, 0.25) is 0 Å². The number of carbonyl (C=O) groups is 1. The Morgan fingerprint density at radius 1 is 1.12 bits per heavy atom. The molecule has 7 heteroatoms. The highest BCUT2D eigenvalue weighted by Crippen LogP contribution is 2.31. The lowest BCUT2D eigenvalue weighted by Crippen LogP contribution is -2.11. The number of phenols is 1. The molecule has 2 aromatic carbocycles. The molecule has 2 N–H and O–H groups in total. The second-order valence-electron chi connectivity index (χ2n) is 5.49. The summed E-state index contributed by atoms with van der Waals surface area (Å²) in [5.41, 5.74) is 1.87. The summed E-state index contributed by atoms with van der Waals surface area (Å²) >= 11 is 1.14. The Balaban J connectivity index is 2.06. The number of nitrogens with zero attached hydrogens (tertiary/aromatic N) is 3. The third-order valence-electron chi connectivity index (χ3n) is 3.78. The average molecular weight is 355 g/mol. The lowest BCUT2D eigenvalue weighted by atomic mass is 10.1. The minimum Gasteiger partial charge on any atom is -0.508 e. The van der Waals surface area contributed by atoms with E-state index in [1.54, 1.807) is 24.3 Å². The number of aliphatic carboxylic acids is 1. The lowest BCUT2D eigenvalue weighted by molar-refractivity contribution is -0.133. The third kappa shape index (κ3) is 3.83. The Kier molecular flexibility index (Phi) is 5.04. The van der Waals surface area contributed by atoms with E-state index >= 15 is 0 Å². The molecule has 0 spiro atoms. The molecular formula is C18H17N3O3S. The van der Waals surface area contributed by atoms with Gasteiger partial charge in [-0.25, -0.2) is 0 Å². The van der Waals surface area contributed by atoms with Gasteiger partial charge in [0.15, 0.2) is 11.0 Å². The number of carboxylic acids is 1. The highest BCUT2D eigenvalue weighted by molar-refractivity contribution is 7.99. The summed E-state index contributed by atoms with van der Waals surface area (Å²) < 4.78 is 1.93. The van der Waals surface area contributed by atoms with Crippen LogP contribution < -0.4 is 0 Å². The zero-order valence-corrected chi connectivity index (χ0v) is 14.3. The van der Waals surface area contributed by atoms with Crippen molar-refractivity contribution < 1.29 is 15.0 Å². The van der Waals surface area contributed by atoms with Crippen LogP contribution in [-0.2, 0) is 4.79 Å². The van der Waals surface area contributed by atoms with E-state index < -0.39 is 5.97 Å². The molecule has 0 saturated heterocycles. The first-order valence-corrected chi connectivity index (χ1v) is 8.68. The SMILES string of the molecule is C[C@H](c1ccccc1)n1c(SCC(=O)O)nnc1-c1ccc(O)cc1. The van der Waals surface area contributed by atoms with Crippen LogP contribution in [0.5, 0.6) is 5.75 Å². The van der Waals surface area contributed by atoms with Gasteiger partial charge in [-0.05, 0) is 36.8 Å². The van der Waals surface area contributed by atoms with Gasteiger partial charge in [-0.2, -0.15) is 0 Å². The molecule has 1 atom stereocenters. The minimum absolute atomic E-state index is 0.0729. The zero-order valence-electron chi connectivity index (χ0n) is 13.5. The quantitative estimate of drug-likeness (QED) is 0.659. The van der Waals surface area contributed by atoms with Crippen molar-refractivity contribution in [1.29, 1.82) is 0 Å². The normalized spacial score (nSPS) is 12.0. The summed E-state index contributed by atoms with van der Waals surface area (Å²) in [5, 5.41) is 27.5. The molecule has 6 nitrogen and oxygen atoms in total. The van der Waals surface area contributed by atoms with Crippen molar-refractivity contribution in [2.75, 3.05) is 5.75 Å². The molecule has 0 bridgehead atoms. The summed E-state index contributed by atoms with van der Waals surface area (Å²) in [6.07, 6.45) is 0. The summed E-state index contributed by atoms with van der Waals surface area (Å²) in [6, 6.07) is 16.5. The van der Waals surface area contributed by atoms with Crippen LogP contribution in [0.25, 0.3) is 11.4 Å². The maximum absolute atomic E-state index is 10.9. The Morgan fingerprint density at radius 3 is 2.44 bits per heavy atom. The molecule has 0 radical (unpaired) electrons. The van der Waals surface area contributed by atoms with Gasteiger partial charge in [-0.3, -0.25) is 9.36 Å². The largest absolute Gasteiger partial charge is 0.508 e. The number of phenolic OH excluding ortho intramolecular Hbond substituents is 1. The predicted octanol–water partition coefficient (Wildman–Crippen LogP) is 3.44. The van der Waals surface area contributed by atoms with Gasteiger partial charge in [0, 0.05) is 5.56 Å². The van der Waals surface area contributed by atoms with Gasteiger partial charge in [-0.1, -0.05) is 42.1 Å². The molecule has 0 unspecified atom stereocenters. The number of hydrogen-bond donors (Lipinski definition) is 2. The number of carboxylic acid groups (broad SMARTS) is 1. The van der Waals surface area contributed by atoms with Gasteiger partial charge < -0.3 is 10.2 Å². The Labute approximate surface area is 149 Å². The maximum atomic E-state index is 10.9. The first kappa shape index (κ1) is 17.0. The Bertz CT molecular complexity index is 863. The van der Waals surface area contributed by atoms with Gasteiger partial charge in [0.2, 0.25) is 0 Å². The van der Waals surface area contributed by atoms with Crippen LogP contribution in [0, 0.1) is 0 Å². The number of thioether (sulfide) groups is 1. The van der Waals surface area contributed by atoms with E-state index in [0.29, 0.717) is 11.0 Å². The molecule has 0 fully saturated rings. The van der Waals surface area contributed by atoms with E-state index in [0.717, 1.165) is 22.9 Å². The van der Waals surface area contributed by atoms with Crippen LogP contribution in [0.15, 0.2) is 59.8 Å². The van der Waals surface area contributed by atoms with E-state index in [-0.39, 0.29) is 17.5 Å². The van der Waals surface area contributed by atoms with E-state index in [9.17, 15) is 9.90 Å². The monoisotopic (exact) mass is 355 g/mol. The van der Waals surface area contributed by atoms with Crippen molar-refractivity contribution in [2.45, 2.75) is 18.1 Å². The van der Waals surface area contributed by atoms with Crippen molar-refractivity contribution in [3.8, 4) is 17.1 Å². The van der Waals surface area contributed by atoms with Crippen LogP contribution >= 0.6 is 11.8 Å². The molecule has 0 aliphatic heterocycles. The number of aromatic hydroxyl groups is 1. The lowest BCUT2D eigenvalue weighted by Gasteiger charge is -2.18. The van der Waals surface area contributed by atoms with Gasteiger partial charge in [0.1, 0.15) is 5.75 Å². The zero-order chi connectivity index (χ0) is 17.8. The van der Waals surface area contributed by atoms with Crippen LogP contribution in [0.4, 0.5) is 0 Å². The fourth-order valence-electron chi connectivity index (χ4n) is 2.54. The van der Waals surface area contributed by atoms with Crippen molar-refractivity contribution in [3.05, 3.63) is 60.2 Å². The fourth-order valence-corrected chi connectivity index (χ4v) is 3.27. The molecule has 1 aromatic heterocycles. The second-order valence-corrected chi connectivity index (χ2v) is 6.43. The summed E-state index contributed by atoms with van der Waals surface area (Å²) in [5.74, 6) is -0.191. The van der Waals surface area contributed by atoms with E-state index in [1.165, 1.54) is 0 Å².